The zero-order valence-corrected chi connectivity index (χ0v) is 23.4. The van der Waals surface area contributed by atoms with Crippen molar-refractivity contribution in [3.8, 4) is 5.75 Å². The normalized spacial score (nSPS) is 16.1. The predicted octanol–water partition coefficient (Wildman–Crippen LogP) is 4.57. The molecule has 2 aromatic carbocycles. The maximum atomic E-state index is 12.5. The minimum absolute atomic E-state index is 0.00907. The predicted molar refractivity (Wildman–Crippen MR) is 153 cm³/mol. The summed E-state index contributed by atoms with van der Waals surface area (Å²) < 4.78 is 5.67. The number of benzene rings is 2. The average molecular weight is 549 g/mol. The summed E-state index contributed by atoms with van der Waals surface area (Å²) in [5, 5.41) is 6.75. The number of piperazine rings is 1. The summed E-state index contributed by atoms with van der Waals surface area (Å²) in [6.45, 7) is 8.45. The largest absolute Gasteiger partial charge is 0.494 e. The molecule has 1 saturated heterocycles. The smallest absolute Gasteiger partial charge is 0.234 e. The molecule has 204 valence electrons. The number of fused-ring (bicyclic) bond motifs is 1. The number of hydrogen-bond acceptors (Lipinski definition) is 7. The lowest BCUT2D eigenvalue weighted by atomic mass is 9.82. The Balaban J connectivity index is 1.30. The van der Waals surface area contributed by atoms with E-state index in [1.54, 1.807) is 20.2 Å². The number of amides is 2. The molecule has 5 rings (SSSR count). The van der Waals surface area contributed by atoms with Crippen molar-refractivity contribution in [2.75, 3.05) is 48.8 Å². The molecule has 2 amide bonds. The third-order valence-electron chi connectivity index (χ3n) is 7.56. The van der Waals surface area contributed by atoms with Crippen molar-refractivity contribution in [3.63, 3.8) is 0 Å². The standard InChI is InChI=1S/C29H33ClN6O3/c1-18(37)35-12-14-36(15-13-35)20-9-11-23(25(16-20)39-4)34-28-31-17-21(30)22(33-28)10-8-19-6-5-7-24-26(19)29(2,3)27(38)32-24/h5-7,9,11,16-17H,8,10,12-15H2,1-4H3,(H,32,38)(H,31,33,34). The fourth-order valence-electron chi connectivity index (χ4n) is 5.31. The van der Waals surface area contributed by atoms with Crippen LogP contribution in [0.25, 0.3) is 0 Å². The Morgan fingerprint density at radius 1 is 1.15 bits per heavy atom. The van der Waals surface area contributed by atoms with E-state index in [1.807, 2.05) is 49.1 Å². The van der Waals surface area contributed by atoms with Gasteiger partial charge in [-0.15, -0.1) is 0 Å². The first kappa shape index (κ1) is 26.7. The summed E-state index contributed by atoms with van der Waals surface area (Å²) in [6.07, 6.45) is 2.89. The lowest BCUT2D eigenvalue weighted by Crippen LogP contribution is -2.48. The molecule has 10 heteroatoms. The second-order valence-corrected chi connectivity index (χ2v) is 10.8. The maximum Gasteiger partial charge on any atom is 0.234 e. The fourth-order valence-corrected chi connectivity index (χ4v) is 5.50. The van der Waals surface area contributed by atoms with Gasteiger partial charge in [-0.2, -0.15) is 0 Å². The Morgan fingerprint density at radius 3 is 2.64 bits per heavy atom. The molecule has 1 aromatic heterocycles. The van der Waals surface area contributed by atoms with E-state index in [2.05, 4.69) is 26.6 Å². The average Bonchev–Trinajstić information content (AvgIpc) is 3.17. The van der Waals surface area contributed by atoms with Gasteiger partial charge < -0.3 is 25.2 Å². The molecule has 1 fully saturated rings. The molecule has 0 spiro atoms. The van der Waals surface area contributed by atoms with Gasteiger partial charge in [0.25, 0.3) is 0 Å². The van der Waals surface area contributed by atoms with Crippen LogP contribution in [0.2, 0.25) is 5.02 Å². The van der Waals surface area contributed by atoms with Gasteiger partial charge in [0.15, 0.2) is 0 Å². The van der Waals surface area contributed by atoms with Crippen molar-refractivity contribution < 1.29 is 14.3 Å². The van der Waals surface area contributed by atoms with Crippen LogP contribution in [0, 0.1) is 0 Å². The highest BCUT2D eigenvalue weighted by Crippen LogP contribution is 2.40. The number of rotatable bonds is 7. The summed E-state index contributed by atoms with van der Waals surface area (Å²) in [6, 6.07) is 11.9. The highest BCUT2D eigenvalue weighted by molar-refractivity contribution is 6.31. The SMILES string of the molecule is COc1cc(N2CCN(C(C)=O)CC2)ccc1Nc1ncc(Cl)c(CCc2cccc3c2C(C)(C)C(=O)N3)n1. The molecule has 39 heavy (non-hydrogen) atoms. The van der Waals surface area contributed by atoms with E-state index in [0.29, 0.717) is 42.7 Å². The van der Waals surface area contributed by atoms with Gasteiger partial charge in [0.1, 0.15) is 5.75 Å². The topological polar surface area (TPSA) is 99.7 Å². The Labute approximate surface area is 233 Å². The van der Waals surface area contributed by atoms with Gasteiger partial charge in [0.2, 0.25) is 17.8 Å². The van der Waals surface area contributed by atoms with Gasteiger partial charge in [-0.05, 0) is 56.0 Å². The molecule has 0 saturated carbocycles. The molecular weight excluding hydrogens is 516 g/mol. The van der Waals surface area contributed by atoms with Crippen LogP contribution in [0.5, 0.6) is 5.75 Å². The number of halogens is 1. The molecule has 9 nitrogen and oxygen atoms in total. The Bertz CT molecular complexity index is 1420. The summed E-state index contributed by atoms with van der Waals surface area (Å²) in [4.78, 5) is 37.3. The number of hydrogen-bond donors (Lipinski definition) is 2. The Kier molecular flexibility index (Phi) is 7.36. The van der Waals surface area contributed by atoms with Crippen LogP contribution in [-0.2, 0) is 27.8 Å². The fraction of sp³-hybridized carbons (Fsp3) is 0.379. The second-order valence-electron chi connectivity index (χ2n) is 10.4. The molecule has 0 atom stereocenters. The van der Waals surface area contributed by atoms with Crippen LogP contribution in [0.4, 0.5) is 23.0 Å². The number of carbonyl (C=O) groups is 2. The number of aromatic nitrogens is 2. The van der Waals surface area contributed by atoms with Crippen LogP contribution in [0.3, 0.4) is 0 Å². The van der Waals surface area contributed by atoms with Crippen LogP contribution >= 0.6 is 11.6 Å². The van der Waals surface area contributed by atoms with Crippen molar-refractivity contribution in [1.82, 2.24) is 14.9 Å². The van der Waals surface area contributed by atoms with Gasteiger partial charge in [-0.25, -0.2) is 9.97 Å². The summed E-state index contributed by atoms with van der Waals surface area (Å²) in [5.74, 6) is 1.21. The van der Waals surface area contributed by atoms with Crippen LogP contribution in [0.15, 0.2) is 42.6 Å². The highest BCUT2D eigenvalue weighted by atomic mass is 35.5. The number of carbonyl (C=O) groups excluding carboxylic acids is 2. The molecule has 3 heterocycles. The lowest BCUT2D eigenvalue weighted by molar-refractivity contribution is -0.129. The Hall–Kier alpha value is -3.85. The summed E-state index contributed by atoms with van der Waals surface area (Å²) in [5.41, 5.74) is 4.91. The van der Waals surface area contributed by atoms with Gasteiger partial charge in [-0.1, -0.05) is 23.7 Å². The molecule has 0 aliphatic carbocycles. The van der Waals surface area contributed by atoms with E-state index in [0.717, 1.165) is 47.0 Å². The van der Waals surface area contributed by atoms with Gasteiger partial charge >= 0.3 is 0 Å². The van der Waals surface area contributed by atoms with E-state index in [1.165, 1.54) is 0 Å². The molecule has 2 aliphatic rings. The molecule has 0 radical (unpaired) electrons. The number of methoxy groups -OCH3 is 1. The van der Waals surface area contributed by atoms with Crippen molar-refractivity contribution in [2.24, 2.45) is 0 Å². The first-order valence-corrected chi connectivity index (χ1v) is 13.5. The minimum atomic E-state index is -0.585. The van der Waals surface area contributed by atoms with Crippen molar-refractivity contribution >= 4 is 46.4 Å². The van der Waals surface area contributed by atoms with Crippen LogP contribution in [-0.4, -0.2) is 60.0 Å². The van der Waals surface area contributed by atoms with E-state index in [-0.39, 0.29) is 11.8 Å². The third kappa shape index (κ3) is 5.36. The number of nitrogens with zero attached hydrogens (tertiary/aromatic N) is 4. The van der Waals surface area contributed by atoms with Gasteiger partial charge in [-0.3, -0.25) is 9.59 Å². The minimum Gasteiger partial charge on any atom is -0.494 e. The number of anilines is 4. The summed E-state index contributed by atoms with van der Waals surface area (Å²) in [7, 11) is 1.63. The molecule has 2 N–H and O–H groups in total. The number of ether oxygens (including phenoxy) is 1. The van der Waals surface area contributed by atoms with Crippen molar-refractivity contribution in [2.45, 2.75) is 39.0 Å². The molecule has 0 bridgehead atoms. The number of nitrogens with one attached hydrogen (secondary N) is 2. The van der Waals surface area contributed by atoms with E-state index >= 15 is 0 Å². The third-order valence-corrected chi connectivity index (χ3v) is 7.88. The first-order chi connectivity index (χ1) is 18.7. The van der Waals surface area contributed by atoms with Gasteiger partial charge in [0, 0.05) is 50.5 Å². The number of aryl methyl sites for hydroxylation is 2. The van der Waals surface area contributed by atoms with Gasteiger partial charge in [0.05, 0.1) is 35.1 Å². The monoisotopic (exact) mass is 548 g/mol. The molecule has 2 aliphatic heterocycles. The quantitative estimate of drug-likeness (QED) is 0.446. The zero-order chi connectivity index (χ0) is 27.7. The van der Waals surface area contributed by atoms with E-state index < -0.39 is 5.41 Å². The van der Waals surface area contributed by atoms with Crippen molar-refractivity contribution in [1.29, 1.82) is 0 Å². The molecule has 0 unspecified atom stereocenters. The van der Waals surface area contributed by atoms with Crippen molar-refractivity contribution in [3.05, 3.63) is 64.4 Å². The zero-order valence-electron chi connectivity index (χ0n) is 22.7. The summed E-state index contributed by atoms with van der Waals surface area (Å²) >= 11 is 6.48. The molecular formula is C29H33ClN6O3. The lowest BCUT2D eigenvalue weighted by Gasteiger charge is -2.35. The van der Waals surface area contributed by atoms with Crippen LogP contribution < -0.4 is 20.3 Å². The van der Waals surface area contributed by atoms with E-state index in [9.17, 15) is 9.59 Å². The second kappa shape index (κ2) is 10.7. The maximum absolute atomic E-state index is 12.5. The first-order valence-electron chi connectivity index (χ1n) is 13.1. The Morgan fingerprint density at radius 2 is 1.92 bits per heavy atom. The van der Waals surface area contributed by atoms with E-state index in [4.69, 9.17) is 21.3 Å². The molecule has 3 aromatic rings. The highest BCUT2D eigenvalue weighted by Gasteiger charge is 2.39. The van der Waals surface area contributed by atoms with Crippen LogP contribution in [0.1, 0.15) is 37.6 Å².